The molecule has 0 spiro atoms. The van der Waals surface area contributed by atoms with E-state index in [9.17, 15) is 4.79 Å². The third kappa shape index (κ3) is 2.80. The van der Waals surface area contributed by atoms with Crippen LogP contribution in [0.15, 0.2) is 24.4 Å². The van der Waals surface area contributed by atoms with Crippen LogP contribution in [0.1, 0.15) is 17.4 Å². The van der Waals surface area contributed by atoms with E-state index in [0.717, 1.165) is 5.33 Å². The smallest absolute Gasteiger partial charge is 0.272 e. The van der Waals surface area contributed by atoms with E-state index in [1.807, 2.05) is 13.0 Å². The molecule has 0 atom stereocenters. The lowest BCUT2D eigenvalue weighted by molar-refractivity contribution is 0.0769. The zero-order chi connectivity index (χ0) is 10.4. The number of pyridine rings is 1. The number of hydrogen-bond acceptors (Lipinski definition) is 2. The third-order valence-corrected chi connectivity index (χ3v) is 2.26. The zero-order valence-corrected chi connectivity index (χ0v) is 9.70. The van der Waals surface area contributed by atoms with E-state index < -0.39 is 0 Å². The molecule has 1 rings (SSSR count). The minimum atomic E-state index is -0.00690. The molecule has 0 bridgehead atoms. The van der Waals surface area contributed by atoms with Crippen molar-refractivity contribution in [3.8, 4) is 0 Å². The van der Waals surface area contributed by atoms with Crippen molar-refractivity contribution in [3.63, 3.8) is 0 Å². The standard InChI is InChI=1S/C10H13BrN2O/c1-2-13(8-6-11)10(14)9-5-3-4-7-12-9/h3-5,7H,2,6,8H2,1H3. The highest BCUT2D eigenvalue weighted by Crippen LogP contribution is 2.01. The molecule has 1 heterocycles. The summed E-state index contributed by atoms with van der Waals surface area (Å²) in [6.45, 7) is 3.39. The highest BCUT2D eigenvalue weighted by molar-refractivity contribution is 9.09. The lowest BCUT2D eigenvalue weighted by Gasteiger charge is -2.18. The molecule has 14 heavy (non-hydrogen) atoms. The second kappa shape index (κ2) is 5.75. The number of nitrogens with zero attached hydrogens (tertiary/aromatic N) is 2. The summed E-state index contributed by atoms with van der Waals surface area (Å²) in [5.74, 6) is -0.00690. The Morgan fingerprint density at radius 1 is 1.57 bits per heavy atom. The Morgan fingerprint density at radius 3 is 2.86 bits per heavy atom. The lowest BCUT2D eigenvalue weighted by Crippen LogP contribution is -2.32. The maximum absolute atomic E-state index is 11.8. The van der Waals surface area contributed by atoms with Gasteiger partial charge >= 0.3 is 0 Å². The summed E-state index contributed by atoms with van der Waals surface area (Å²) in [6.07, 6.45) is 1.63. The van der Waals surface area contributed by atoms with Gasteiger partial charge < -0.3 is 4.90 Å². The van der Waals surface area contributed by atoms with E-state index in [4.69, 9.17) is 0 Å². The van der Waals surface area contributed by atoms with Crippen LogP contribution >= 0.6 is 15.9 Å². The van der Waals surface area contributed by atoms with Crippen LogP contribution in [0.3, 0.4) is 0 Å². The molecule has 0 aliphatic rings. The molecule has 1 aromatic rings. The summed E-state index contributed by atoms with van der Waals surface area (Å²) in [6, 6.07) is 5.36. The Labute approximate surface area is 92.3 Å². The Balaban J connectivity index is 2.73. The van der Waals surface area contributed by atoms with Gasteiger partial charge in [0.25, 0.3) is 5.91 Å². The molecule has 0 N–H and O–H groups in total. The summed E-state index contributed by atoms with van der Waals surface area (Å²) in [4.78, 5) is 17.6. The Morgan fingerprint density at radius 2 is 2.36 bits per heavy atom. The molecule has 0 aliphatic carbocycles. The van der Waals surface area contributed by atoms with Crippen molar-refractivity contribution in [2.45, 2.75) is 6.92 Å². The van der Waals surface area contributed by atoms with Crippen molar-refractivity contribution >= 4 is 21.8 Å². The fourth-order valence-corrected chi connectivity index (χ4v) is 1.58. The Bertz CT molecular complexity index is 289. The summed E-state index contributed by atoms with van der Waals surface area (Å²) >= 11 is 3.32. The number of rotatable bonds is 4. The monoisotopic (exact) mass is 256 g/mol. The molecule has 3 nitrogen and oxygen atoms in total. The van der Waals surface area contributed by atoms with Crippen molar-refractivity contribution in [3.05, 3.63) is 30.1 Å². The average molecular weight is 257 g/mol. The number of carbonyl (C=O) groups excluding carboxylic acids is 1. The van der Waals surface area contributed by atoms with Crippen molar-refractivity contribution in [1.82, 2.24) is 9.88 Å². The summed E-state index contributed by atoms with van der Waals surface area (Å²) in [5, 5.41) is 0.791. The SMILES string of the molecule is CCN(CCBr)C(=O)c1ccccn1. The van der Waals surface area contributed by atoms with Crippen LogP contribution in [0.4, 0.5) is 0 Å². The molecule has 0 aliphatic heterocycles. The van der Waals surface area contributed by atoms with Crippen LogP contribution < -0.4 is 0 Å². The van der Waals surface area contributed by atoms with Crippen LogP contribution in [0.5, 0.6) is 0 Å². The van der Waals surface area contributed by atoms with Gasteiger partial charge in [-0.2, -0.15) is 0 Å². The highest BCUT2D eigenvalue weighted by atomic mass is 79.9. The van der Waals surface area contributed by atoms with Gasteiger partial charge in [0.05, 0.1) is 0 Å². The van der Waals surface area contributed by atoms with Crippen LogP contribution in [0.25, 0.3) is 0 Å². The van der Waals surface area contributed by atoms with Gasteiger partial charge in [0, 0.05) is 24.6 Å². The molecule has 0 fully saturated rings. The first-order chi connectivity index (χ1) is 6.79. The molecular weight excluding hydrogens is 244 g/mol. The second-order valence-electron chi connectivity index (χ2n) is 2.79. The molecule has 0 unspecified atom stereocenters. The Kier molecular flexibility index (Phi) is 4.59. The van der Waals surface area contributed by atoms with Gasteiger partial charge in [0.2, 0.25) is 0 Å². The number of carbonyl (C=O) groups is 1. The summed E-state index contributed by atoms with van der Waals surface area (Å²) in [5.41, 5.74) is 0.510. The van der Waals surface area contributed by atoms with Crippen molar-refractivity contribution in [2.75, 3.05) is 18.4 Å². The normalized spacial score (nSPS) is 9.86. The molecule has 1 amide bonds. The number of alkyl halides is 1. The topological polar surface area (TPSA) is 33.2 Å². The molecule has 0 saturated heterocycles. The number of amides is 1. The third-order valence-electron chi connectivity index (χ3n) is 1.91. The molecule has 0 saturated carbocycles. The van der Waals surface area contributed by atoms with Crippen molar-refractivity contribution < 1.29 is 4.79 Å². The van der Waals surface area contributed by atoms with Gasteiger partial charge in [0.1, 0.15) is 5.69 Å². The first-order valence-corrected chi connectivity index (χ1v) is 5.68. The largest absolute Gasteiger partial charge is 0.337 e. The maximum atomic E-state index is 11.8. The maximum Gasteiger partial charge on any atom is 0.272 e. The van der Waals surface area contributed by atoms with E-state index in [1.165, 1.54) is 0 Å². The molecule has 0 radical (unpaired) electrons. The van der Waals surface area contributed by atoms with E-state index in [1.54, 1.807) is 23.2 Å². The average Bonchev–Trinajstić information content (AvgIpc) is 2.26. The lowest BCUT2D eigenvalue weighted by atomic mass is 10.3. The number of hydrogen-bond donors (Lipinski definition) is 0. The van der Waals surface area contributed by atoms with E-state index in [-0.39, 0.29) is 5.91 Å². The van der Waals surface area contributed by atoms with E-state index in [2.05, 4.69) is 20.9 Å². The first kappa shape index (κ1) is 11.2. The fraction of sp³-hybridized carbons (Fsp3) is 0.400. The Hall–Kier alpha value is -0.900. The van der Waals surface area contributed by atoms with Crippen LogP contribution in [0.2, 0.25) is 0 Å². The molecule has 4 heteroatoms. The fourth-order valence-electron chi connectivity index (χ4n) is 1.16. The molecule has 76 valence electrons. The minimum absolute atomic E-state index is 0.00690. The van der Waals surface area contributed by atoms with Crippen LogP contribution in [-0.4, -0.2) is 34.2 Å². The summed E-state index contributed by atoms with van der Waals surface area (Å²) < 4.78 is 0. The molecule has 0 aromatic carbocycles. The van der Waals surface area contributed by atoms with Crippen molar-refractivity contribution in [1.29, 1.82) is 0 Å². The second-order valence-corrected chi connectivity index (χ2v) is 3.58. The van der Waals surface area contributed by atoms with Gasteiger partial charge in [-0.15, -0.1) is 0 Å². The molecule has 1 aromatic heterocycles. The van der Waals surface area contributed by atoms with E-state index in [0.29, 0.717) is 18.8 Å². The van der Waals surface area contributed by atoms with Crippen LogP contribution in [-0.2, 0) is 0 Å². The van der Waals surface area contributed by atoms with Gasteiger partial charge in [0.15, 0.2) is 0 Å². The van der Waals surface area contributed by atoms with Gasteiger partial charge in [-0.05, 0) is 19.1 Å². The first-order valence-electron chi connectivity index (χ1n) is 4.56. The summed E-state index contributed by atoms with van der Waals surface area (Å²) in [7, 11) is 0. The molecular formula is C10H13BrN2O. The van der Waals surface area contributed by atoms with Gasteiger partial charge in [-0.25, -0.2) is 0 Å². The van der Waals surface area contributed by atoms with Crippen molar-refractivity contribution in [2.24, 2.45) is 0 Å². The highest BCUT2D eigenvalue weighted by Gasteiger charge is 2.13. The predicted octanol–water partition coefficient (Wildman–Crippen LogP) is 1.94. The van der Waals surface area contributed by atoms with Crippen LogP contribution in [0, 0.1) is 0 Å². The van der Waals surface area contributed by atoms with Gasteiger partial charge in [-0.3, -0.25) is 9.78 Å². The quantitative estimate of drug-likeness (QED) is 0.772. The van der Waals surface area contributed by atoms with E-state index >= 15 is 0 Å². The zero-order valence-electron chi connectivity index (χ0n) is 8.11. The number of halogens is 1. The predicted molar refractivity (Wildman–Crippen MR) is 59.6 cm³/mol. The van der Waals surface area contributed by atoms with Gasteiger partial charge in [-0.1, -0.05) is 22.0 Å². The number of aromatic nitrogens is 1. The minimum Gasteiger partial charge on any atom is -0.337 e.